The minimum atomic E-state index is 0.381. The van der Waals surface area contributed by atoms with Crippen molar-refractivity contribution in [2.24, 2.45) is 32.8 Å². The number of nitrogens with two attached hydrogens (primary N) is 2. The molecular formula is C26H52N4S4. The first-order valence-electron chi connectivity index (χ1n) is 13.3. The standard InChI is InChI=1S/C26H52N4S4/c1-7-25(5,8-2)21-11-12-22(21)31-19-15-29-23(27)13-17-33-34-18-14-24(28)30-16-20-32-26(6,9-3)10-4/h21-22H,7-20H2,1-6H3,(H2,27,29)(H2,28,30). The molecule has 2 atom stereocenters. The van der Waals surface area contributed by atoms with Crippen molar-refractivity contribution in [2.75, 3.05) is 36.1 Å². The van der Waals surface area contributed by atoms with E-state index in [4.69, 9.17) is 11.5 Å². The van der Waals surface area contributed by atoms with Gasteiger partial charge >= 0.3 is 0 Å². The summed E-state index contributed by atoms with van der Waals surface area (Å²) < 4.78 is 0.381. The molecule has 0 heterocycles. The highest BCUT2D eigenvalue weighted by Crippen LogP contribution is 2.51. The topological polar surface area (TPSA) is 76.8 Å². The lowest BCUT2D eigenvalue weighted by atomic mass is 9.63. The van der Waals surface area contributed by atoms with Gasteiger partial charge in [0.1, 0.15) is 0 Å². The lowest BCUT2D eigenvalue weighted by molar-refractivity contribution is 0.100. The van der Waals surface area contributed by atoms with Crippen molar-refractivity contribution in [3.05, 3.63) is 0 Å². The number of hydrogen-bond acceptors (Lipinski definition) is 6. The lowest BCUT2D eigenvalue weighted by Gasteiger charge is -2.48. The van der Waals surface area contributed by atoms with Crippen molar-refractivity contribution in [3.8, 4) is 0 Å². The van der Waals surface area contributed by atoms with Crippen molar-refractivity contribution in [3.63, 3.8) is 0 Å². The molecule has 1 saturated carbocycles. The Morgan fingerprint density at radius 1 is 0.765 bits per heavy atom. The smallest absolute Gasteiger partial charge is 0.0946 e. The molecule has 1 rings (SSSR count). The van der Waals surface area contributed by atoms with Crippen LogP contribution in [0.2, 0.25) is 0 Å². The summed E-state index contributed by atoms with van der Waals surface area (Å²) in [5.74, 6) is 6.63. The molecule has 8 heteroatoms. The SMILES string of the molecule is CCC(C)(CC)SCCN=C(N)CCSSCCC(N)=NCCSC1CCC1C(C)(CC)CC. The van der Waals surface area contributed by atoms with E-state index in [2.05, 4.69) is 63.3 Å². The molecule has 4 nitrogen and oxygen atoms in total. The van der Waals surface area contributed by atoms with E-state index in [1.165, 1.54) is 38.5 Å². The van der Waals surface area contributed by atoms with Crippen molar-refractivity contribution in [1.82, 2.24) is 0 Å². The summed E-state index contributed by atoms with van der Waals surface area (Å²) in [6, 6.07) is 0. The van der Waals surface area contributed by atoms with Crippen LogP contribution in [0.5, 0.6) is 0 Å². The quantitative estimate of drug-likeness (QED) is 0.0709. The van der Waals surface area contributed by atoms with Crippen molar-refractivity contribution in [1.29, 1.82) is 0 Å². The third-order valence-corrected chi connectivity index (χ3v) is 13.3. The Balaban J connectivity index is 2.07. The van der Waals surface area contributed by atoms with Crippen LogP contribution in [-0.2, 0) is 0 Å². The van der Waals surface area contributed by atoms with Gasteiger partial charge in [-0.25, -0.2) is 0 Å². The Bertz CT molecular complexity index is 604. The van der Waals surface area contributed by atoms with E-state index >= 15 is 0 Å². The summed E-state index contributed by atoms with van der Waals surface area (Å²) in [6.07, 6.45) is 9.51. The van der Waals surface area contributed by atoms with Gasteiger partial charge in [0.2, 0.25) is 0 Å². The number of aliphatic imine (C=N–C) groups is 2. The lowest BCUT2D eigenvalue weighted by Crippen LogP contribution is -2.41. The van der Waals surface area contributed by atoms with E-state index in [1.54, 1.807) is 0 Å². The summed E-state index contributed by atoms with van der Waals surface area (Å²) in [5.41, 5.74) is 12.7. The van der Waals surface area contributed by atoms with Gasteiger partial charge in [0.15, 0.2) is 0 Å². The van der Waals surface area contributed by atoms with E-state index in [-0.39, 0.29) is 0 Å². The largest absolute Gasteiger partial charge is 0.387 e. The molecule has 0 saturated heterocycles. The van der Waals surface area contributed by atoms with Gasteiger partial charge in [0.25, 0.3) is 0 Å². The Hall–Kier alpha value is 0.340. The second-order valence-electron chi connectivity index (χ2n) is 9.85. The van der Waals surface area contributed by atoms with Gasteiger partial charge in [-0.05, 0) is 37.0 Å². The third kappa shape index (κ3) is 12.1. The number of amidine groups is 2. The van der Waals surface area contributed by atoms with E-state index in [0.717, 1.165) is 71.8 Å². The average Bonchev–Trinajstić information content (AvgIpc) is 2.82. The molecule has 1 fully saturated rings. The second kappa shape index (κ2) is 17.7. The second-order valence-corrected chi connectivity index (χ2v) is 15.6. The van der Waals surface area contributed by atoms with Gasteiger partial charge in [-0.2, -0.15) is 23.5 Å². The maximum Gasteiger partial charge on any atom is 0.0946 e. The minimum Gasteiger partial charge on any atom is -0.387 e. The fourth-order valence-corrected chi connectivity index (χ4v) is 8.75. The molecule has 1 aliphatic carbocycles. The molecule has 4 N–H and O–H groups in total. The van der Waals surface area contributed by atoms with Crippen LogP contribution in [0, 0.1) is 11.3 Å². The van der Waals surface area contributed by atoms with Crippen LogP contribution in [0.25, 0.3) is 0 Å². The van der Waals surface area contributed by atoms with Crippen molar-refractivity contribution < 1.29 is 0 Å². The monoisotopic (exact) mass is 548 g/mol. The van der Waals surface area contributed by atoms with Gasteiger partial charge in [0, 0.05) is 58.9 Å². The first-order chi connectivity index (χ1) is 16.2. The molecule has 0 amide bonds. The summed E-state index contributed by atoms with van der Waals surface area (Å²) >= 11 is 4.14. The molecule has 1 aliphatic rings. The Morgan fingerprint density at radius 2 is 1.29 bits per heavy atom. The fourth-order valence-electron chi connectivity index (χ4n) is 4.14. The predicted molar refractivity (Wildman–Crippen MR) is 166 cm³/mol. The predicted octanol–water partition coefficient (Wildman–Crippen LogP) is 7.51. The normalized spacial score (nSPS) is 19.9. The molecule has 2 unspecified atom stereocenters. The number of rotatable bonds is 20. The molecule has 0 aromatic rings. The number of nitrogens with zero attached hydrogens (tertiary/aromatic N) is 2. The summed E-state index contributed by atoms with van der Waals surface area (Å²) in [7, 11) is 3.72. The average molecular weight is 549 g/mol. The highest BCUT2D eigenvalue weighted by atomic mass is 33.1. The zero-order valence-corrected chi connectivity index (χ0v) is 26.0. The highest BCUT2D eigenvalue weighted by Gasteiger charge is 2.42. The van der Waals surface area contributed by atoms with E-state index in [1.807, 2.05) is 33.3 Å². The Kier molecular flexibility index (Phi) is 16.9. The van der Waals surface area contributed by atoms with E-state index < -0.39 is 0 Å². The molecule has 0 radical (unpaired) electrons. The van der Waals surface area contributed by atoms with Crippen molar-refractivity contribution >= 4 is 56.8 Å². The summed E-state index contributed by atoms with van der Waals surface area (Å²) in [6.45, 7) is 15.7. The summed E-state index contributed by atoms with van der Waals surface area (Å²) in [5, 5.41) is 0.830. The maximum atomic E-state index is 6.14. The Morgan fingerprint density at radius 3 is 1.74 bits per heavy atom. The molecular weight excluding hydrogens is 497 g/mol. The van der Waals surface area contributed by atoms with Crippen LogP contribution in [0.4, 0.5) is 0 Å². The molecule has 0 spiro atoms. The first-order valence-corrected chi connectivity index (χ1v) is 17.8. The molecule has 0 bridgehead atoms. The van der Waals surface area contributed by atoms with Crippen LogP contribution in [0.15, 0.2) is 9.98 Å². The zero-order valence-electron chi connectivity index (χ0n) is 22.7. The number of thioether (sulfide) groups is 2. The van der Waals surface area contributed by atoms with Crippen LogP contribution >= 0.6 is 45.1 Å². The first kappa shape index (κ1) is 32.4. The van der Waals surface area contributed by atoms with Crippen LogP contribution < -0.4 is 11.5 Å². The van der Waals surface area contributed by atoms with Gasteiger partial charge in [-0.15, -0.1) is 0 Å². The maximum absolute atomic E-state index is 6.14. The molecule has 0 aliphatic heterocycles. The van der Waals surface area contributed by atoms with Crippen LogP contribution in [-0.4, -0.2) is 57.8 Å². The summed E-state index contributed by atoms with van der Waals surface area (Å²) in [4.78, 5) is 9.15. The minimum absolute atomic E-state index is 0.381. The van der Waals surface area contributed by atoms with Crippen molar-refractivity contribution in [2.45, 2.75) is 103 Å². The Labute approximate surface area is 227 Å². The zero-order chi connectivity index (χ0) is 25.5. The van der Waals surface area contributed by atoms with Gasteiger partial charge in [0.05, 0.1) is 11.7 Å². The third-order valence-electron chi connectivity index (χ3n) is 7.78. The van der Waals surface area contributed by atoms with Crippen LogP contribution in [0.3, 0.4) is 0 Å². The van der Waals surface area contributed by atoms with E-state index in [0.29, 0.717) is 10.2 Å². The van der Waals surface area contributed by atoms with E-state index in [9.17, 15) is 0 Å². The van der Waals surface area contributed by atoms with Gasteiger partial charge in [-0.1, -0.05) is 76.0 Å². The highest BCUT2D eigenvalue weighted by molar-refractivity contribution is 8.76. The van der Waals surface area contributed by atoms with Gasteiger partial charge < -0.3 is 11.5 Å². The molecule has 34 heavy (non-hydrogen) atoms. The molecule has 0 aromatic carbocycles. The number of hydrogen-bond donors (Lipinski definition) is 2. The molecule has 200 valence electrons. The van der Waals surface area contributed by atoms with Gasteiger partial charge in [-0.3, -0.25) is 9.98 Å². The fraction of sp³-hybridized carbons (Fsp3) is 0.923. The molecule has 0 aromatic heterocycles. The van der Waals surface area contributed by atoms with Crippen LogP contribution in [0.1, 0.15) is 92.9 Å².